The number of ether oxygens (including phenoxy) is 1. The topological polar surface area (TPSA) is 41.6 Å². The maximum atomic E-state index is 12.5. The number of rotatable bonds is 6. The first-order chi connectivity index (χ1) is 8.03. The summed E-state index contributed by atoms with van der Waals surface area (Å²) in [6.45, 7) is 8.88. The minimum atomic E-state index is -0.401. The van der Waals surface area contributed by atoms with Gasteiger partial charge in [0.15, 0.2) is 0 Å². The van der Waals surface area contributed by atoms with Crippen molar-refractivity contribution in [3.05, 3.63) is 0 Å². The van der Waals surface area contributed by atoms with Gasteiger partial charge in [-0.1, -0.05) is 20.8 Å². The molecule has 1 heterocycles. The Kier molecular flexibility index (Phi) is 4.95. The smallest absolute Gasteiger partial charge is 0.244 e. The second kappa shape index (κ2) is 5.83. The maximum absolute atomic E-state index is 12.5. The molecule has 0 spiro atoms. The summed E-state index contributed by atoms with van der Waals surface area (Å²) >= 11 is 0. The van der Waals surface area contributed by atoms with E-state index in [0.29, 0.717) is 6.61 Å². The third kappa shape index (κ3) is 2.63. The molecule has 0 aromatic carbocycles. The van der Waals surface area contributed by atoms with Crippen molar-refractivity contribution in [1.29, 1.82) is 0 Å². The number of methoxy groups -OCH3 is 1. The van der Waals surface area contributed by atoms with E-state index in [-0.39, 0.29) is 18.1 Å². The van der Waals surface area contributed by atoms with E-state index < -0.39 is 5.54 Å². The molecule has 3 unspecified atom stereocenters. The van der Waals surface area contributed by atoms with Gasteiger partial charge in [-0.05, 0) is 26.2 Å². The number of carbonyl (C=O) groups is 1. The van der Waals surface area contributed by atoms with Crippen LogP contribution in [0.3, 0.4) is 0 Å². The molecule has 0 bridgehead atoms. The Bertz CT molecular complexity index is 264. The van der Waals surface area contributed by atoms with E-state index in [0.717, 1.165) is 19.3 Å². The molecule has 1 N–H and O–H groups in total. The van der Waals surface area contributed by atoms with E-state index in [4.69, 9.17) is 4.74 Å². The lowest BCUT2D eigenvalue weighted by atomic mass is 9.99. The van der Waals surface area contributed by atoms with Crippen LogP contribution in [-0.4, -0.2) is 42.3 Å². The van der Waals surface area contributed by atoms with E-state index >= 15 is 0 Å². The molecule has 0 aromatic rings. The standard InChI is InChI=1S/C13H26N2O2/c1-6-10(9-17-5)15-11(7-2)14-13(4,8-3)12(15)16/h10-11,14H,6-9H2,1-5H3. The maximum Gasteiger partial charge on any atom is 0.244 e. The Morgan fingerprint density at radius 1 is 1.47 bits per heavy atom. The van der Waals surface area contributed by atoms with Gasteiger partial charge in [-0.3, -0.25) is 10.1 Å². The minimum Gasteiger partial charge on any atom is -0.383 e. The van der Waals surface area contributed by atoms with E-state index in [9.17, 15) is 4.79 Å². The number of hydrogen-bond donors (Lipinski definition) is 1. The number of nitrogens with one attached hydrogen (secondary N) is 1. The molecule has 1 saturated heterocycles. The van der Waals surface area contributed by atoms with Gasteiger partial charge in [0.25, 0.3) is 0 Å². The predicted octanol–water partition coefficient (Wildman–Crippen LogP) is 1.75. The van der Waals surface area contributed by atoms with Gasteiger partial charge in [-0.15, -0.1) is 0 Å². The van der Waals surface area contributed by atoms with Crippen molar-refractivity contribution >= 4 is 5.91 Å². The van der Waals surface area contributed by atoms with Crippen LogP contribution in [0.2, 0.25) is 0 Å². The second-order valence-corrected chi connectivity index (χ2v) is 4.98. The summed E-state index contributed by atoms with van der Waals surface area (Å²) in [5.41, 5.74) is -0.401. The average Bonchev–Trinajstić information content (AvgIpc) is 2.60. The third-order valence-electron chi connectivity index (χ3n) is 3.84. The first-order valence-corrected chi connectivity index (χ1v) is 6.63. The van der Waals surface area contributed by atoms with Crippen LogP contribution in [-0.2, 0) is 9.53 Å². The van der Waals surface area contributed by atoms with Gasteiger partial charge in [0, 0.05) is 7.11 Å². The van der Waals surface area contributed by atoms with E-state index in [1.165, 1.54) is 0 Å². The number of nitrogens with zero attached hydrogens (tertiary/aromatic N) is 1. The first kappa shape index (κ1) is 14.5. The van der Waals surface area contributed by atoms with E-state index in [1.807, 2.05) is 11.8 Å². The van der Waals surface area contributed by atoms with Gasteiger partial charge in [0.2, 0.25) is 5.91 Å². The van der Waals surface area contributed by atoms with Gasteiger partial charge in [-0.25, -0.2) is 0 Å². The largest absolute Gasteiger partial charge is 0.383 e. The lowest BCUT2D eigenvalue weighted by Gasteiger charge is -2.31. The van der Waals surface area contributed by atoms with Crippen molar-refractivity contribution in [3.63, 3.8) is 0 Å². The molecule has 17 heavy (non-hydrogen) atoms. The molecule has 0 aromatic heterocycles. The van der Waals surface area contributed by atoms with Crippen LogP contribution >= 0.6 is 0 Å². The summed E-state index contributed by atoms with van der Waals surface area (Å²) in [7, 11) is 1.69. The number of amides is 1. The van der Waals surface area contributed by atoms with Crippen molar-refractivity contribution in [2.24, 2.45) is 0 Å². The van der Waals surface area contributed by atoms with Crippen LogP contribution in [0.25, 0.3) is 0 Å². The van der Waals surface area contributed by atoms with Gasteiger partial charge in [-0.2, -0.15) is 0 Å². The highest BCUT2D eigenvalue weighted by Gasteiger charge is 2.47. The average molecular weight is 242 g/mol. The summed E-state index contributed by atoms with van der Waals surface area (Å²) < 4.78 is 5.23. The zero-order valence-electron chi connectivity index (χ0n) is 11.7. The van der Waals surface area contributed by atoms with Crippen molar-refractivity contribution in [3.8, 4) is 0 Å². The molecule has 1 fully saturated rings. The Morgan fingerprint density at radius 3 is 2.53 bits per heavy atom. The van der Waals surface area contributed by atoms with Crippen molar-refractivity contribution < 1.29 is 9.53 Å². The fourth-order valence-electron chi connectivity index (χ4n) is 2.49. The normalized spacial score (nSPS) is 31.0. The monoisotopic (exact) mass is 242 g/mol. The quantitative estimate of drug-likeness (QED) is 0.771. The molecule has 1 amide bonds. The SMILES string of the molecule is CCC(COC)N1C(=O)C(C)(CC)NC1CC. The van der Waals surface area contributed by atoms with Gasteiger partial charge in [0.05, 0.1) is 24.4 Å². The Labute approximate surface area is 105 Å². The molecule has 4 nitrogen and oxygen atoms in total. The molecule has 3 atom stereocenters. The number of hydrogen-bond acceptors (Lipinski definition) is 3. The Morgan fingerprint density at radius 2 is 2.12 bits per heavy atom. The van der Waals surface area contributed by atoms with Gasteiger partial charge in [0.1, 0.15) is 0 Å². The predicted molar refractivity (Wildman–Crippen MR) is 68.7 cm³/mol. The second-order valence-electron chi connectivity index (χ2n) is 4.98. The Balaban J connectivity index is 2.91. The zero-order valence-corrected chi connectivity index (χ0v) is 11.7. The summed E-state index contributed by atoms with van der Waals surface area (Å²) in [4.78, 5) is 14.5. The lowest BCUT2D eigenvalue weighted by Crippen LogP contribution is -2.46. The molecule has 1 rings (SSSR count). The van der Waals surface area contributed by atoms with Crippen LogP contribution in [0.15, 0.2) is 0 Å². The fraction of sp³-hybridized carbons (Fsp3) is 0.923. The first-order valence-electron chi connectivity index (χ1n) is 6.63. The molecule has 0 radical (unpaired) electrons. The molecule has 100 valence electrons. The summed E-state index contributed by atoms with van der Waals surface area (Å²) in [5.74, 6) is 0.218. The van der Waals surface area contributed by atoms with Crippen LogP contribution in [0.4, 0.5) is 0 Å². The molecule has 4 heteroatoms. The highest BCUT2D eigenvalue weighted by Crippen LogP contribution is 2.27. The summed E-state index contributed by atoms with van der Waals surface area (Å²) in [5, 5.41) is 3.46. The molecule has 1 aliphatic rings. The van der Waals surface area contributed by atoms with Crippen LogP contribution in [0.5, 0.6) is 0 Å². The van der Waals surface area contributed by atoms with Crippen LogP contribution < -0.4 is 5.32 Å². The van der Waals surface area contributed by atoms with Crippen molar-refractivity contribution in [2.75, 3.05) is 13.7 Å². The van der Waals surface area contributed by atoms with Crippen LogP contribution in [0, 0.1) is 0 Å². The molecular weight excluding hydrogens is 216 g/mol. The third-order valence-corrected chi connectivity index (χ3v) is 3.84. The van der Waals surface area contributed by atoms with Gasteiger partial charge < -0.3 is 9.64 Å². The molecular formula is C13H26N2O2. The summed E-state index contributed by atoms with van der Waals surface area (Å²) in [6.07, 6.45) is 2.83. The number of carbonyl (C=O) groups excluding carboxylic acids is 1. The van der Waals surface area contributed by atoms with Gasteiger partial charge >= 0.3 is 0 Å². The van der Waals surface area contributed by atoms with Crippen molar-refractivity contribution in [1.82, 2.24) is 10.2 Å². The van der Waals surface area contributed by atoms with Crippen molar-refractivity contribution in [2.45, 2.75) is 64.7 Å². The van der Waals surface area contributed by atoms with E-state index in [1.54, 1.807) is 7.11 Å². The molecule has 1 aliphatic heterocycles. The minimum absolute atomic E-state index is 0.146. The Hall–Kier alpha value is -0.610. The zero-order chi connectivity index (χ0) is 13.1. The van der Waals surface area contributed by atoms with E-state index in [2.05, 4.69) is 26.1 Å². The highest BCUT2D eigenvalue weighted by atomic mass is 16.5. The highest BCUT2D eigenvalue weighted by molar-refractivity contribution is 5.88. The lowest BCUT2D eigenvalue weighted by molar-refractivity contribution is -0.136. The molecule has 0 aliphatic carbocycles. The summed E-state index contributed by atoms with van der Waals surface area (Å²) in [6, 6.07) is 0.179. The van der Waals surface area contributed by atoms with Crippen LogP contribution in [0.1, 0.15) is 47.0 Å². The molecule has 0 saturated carbocycles. The fourth-order valence-corrected chi connectivity index (χ4v) is 2.49.